The lowest BCUT2D eigenvalue weighted by Crippen LogP contribution is -2.21. The molecule has 0 N–H and O–H groups in total. The Morgan fingerprint density at radius 3 is 2.38 bits per heavy atom. The summed E-state index contributed by atoms with van der Waals surface area (Å²) in [4.78, 5) is 13.5. The lowest BCUT2D eigenvalue weighted by molar-refractivity contribution is -0.127. The van der Waals surface area contributed by atoms with Crippen LogP contribution in [0.3, 0.4) is 0 Å². The van der Waals surface area contributed by atoms with Crippen LogP contribution >= 0.6 is 0 Å². The van der Waals surface area contributed by atoms with Crippen LogP contribution in [-0.4, -0.2) is 19.3 Å². The minimum absolute atomic E-state index is 0.0557. The molecule has 0 saturated heterocycles. The molecule has 114 valence electrons. The molecule has 0 radical (unpaired) electrons. The number of rotatable bonds is 4. The van der Waals surface area contributed by atoms with E-state index in [1.165, 1.54) is 0 Å². The summed E-state index contributed by atoms with van der Waals surface area (Å²) in [5.74, 6) is 0. The van der Waals surface area contributed by atoms with Gasteiger partial charge >= 0.3 is 11.8 Å². The van der Waals surface area contributed by atoms with E-state index < -0.39 is 18.2 Å². The van der Waals surface area contributed by atoms with E-state index >= 15 is 0 Å². The van der Waals surface area contributed by atoms with E-state index in [1.807, 2.05) is 18.7 Å². The fourth-order valence-corrected chi connectivity index (χ4v) is 2.37. The second-order valence-electron chi connectivity index (χ2n) is 4.74. The Kier molecular flexibility index (Phi) is 4.25. The first kappa shape index (κ1) is 15.4. The summed E-state index contributed by atoms with van der Waals surface area (Å²) in [6.45, 7) is 5.47. The van der Waals surface area contributed by atoms with E-state index in [2.05, 4.69) is 0 Å². The van der Waals surface area contributed by atoms with Crippen LogP contribution in [0.1, 0.15) is 19.4 Å². The standard InChI is InChI=1S/C15H16F3NO2/c1-3-19(4-2)11-5-6-12-10(9-15(16,17)18)7-14(20)21-13(12)8-11/h5-8H,3-4,9H2,1-2H3. The van der Waals surface area contributed by atoms with Gasteiger partial charge in [0.15, 0.2) is 0 Å². The second kappa shape index (κ2) is 5.79. The molecule has 0 saturated carbocycles. The topological polar surface area (TPSA) is 33.5 Å². The van der Waals surface area contributed by atoms with Crippen molar-refractivity contribution in [2.45, 2.75) is 26.4 Å². The monoisotopic (exact) mass is 299 g/mol. The van der Waals surface area contributed by atoms with Gasteiger partial charge in [-0.2, -0.15) is 13.2 Å². The van der Waals surface area contributed by atoms with E-state index in [4.69, 9.17) is 4.42 Å². The van der Waals surface area contributed by atoms with Gasteiger partial charge in [0.2, 0.25) is 0 Å². The highest BCUT2D eigenvalue weighted by Gasteiger charge is 2.29. The zero-order chi connectivity index (χ0) is 15.6. The van der Waals surface area contributed by atoms with Crippen molar-refractivity contribution in [3.8, 4) is 0 Å². The van der Waals surface area contributed by atoms with E-state index in [0.717, 1.165) is 24.8 Å². The molecule has 1 heterocycles. The van der Waals surface area contributed by atoms with Crippen molar-refractivity contribution in [1.29, 1.82) is 0 Å². The van der Waals surface area contributed by atoms with E-state index in [1.54, 1.807) is 18.2 Å². The molecule has 21 heavy (non-hydrogen) atoms. The van der Waals surface area contributed by atoms with Crippen molar-refractivity contribution >= 4 is 16.7 Å². The second-order valence-corrected chi connectivity index (χ2v) is 4.74. The fraction of sp³-hybridized carbons (Fsp3) is 0.400. The van der Waals surface area contributed by atoms with Gasteiger partial charge in [-0.15, -0.1) is 0 Å². The zero-order valence-corrected chi connectivity index (χ0v) is 11.8. The van der Waals surface area contributed by atoms with Crippen molar-refractivity contribution in [1.82, 2.24) is 0 Å². The van der Waals surface area contributed by atoms with Gasteiger partial charge in [0, 0.05) is 36.3 Å². The highest BCUT2D eigenvalue weighted by Crippen LogP contribution is 2.28. The van der Waals surface area contributed by atoms with Crippen molar-refractivity contribution in [3.05, 3.63) is 40.2 Å². The number of anilines is 1. The molecule has 0 spiro atoms. The summed E-state index contributed by atoms with van der Waals surface area (Å²) in [7, 11) is 0. The number of halogens is 3. The highest BCUT2D eigenvalue weighted by atomic mass is 19.4. The van der Waals surface area contributed by atoms with Gasteiger partial charge in [0.05, 0.1) is 6.42 Å². The van der Waals surface area contributed by atoms with Crippen molar-refractivity contribution < 1.29 is 17.6 Å². The van der Waals surface area contributed by atoms with E-state index in [9.17, 15) is 18.0 Å². The number of hydrogen-bond acceptors (Lipinski definition) is 3. The number of hydrogen-bond donors (Lipinski definition) is 0. The molecule has 0 aliphatic rings. The Bertz CT molecular complexity index is 687. The van der Waals surface area contributed by atoms with Crippen molar-refractivity contribution in [2.75, 3.05) is 18.0 Å². The van der Waals surface area contributed by atoms with Gasteiger partial charge in [-0.1, -0.05) is 0 Å². The third-order valence-corrected chi connectivity index (χ3v) is 3.33. The van der Waals surface area contributed by atoms with Crippen LogP contribution in [0.25, 0.3) is 11.0 Å². The minimum atomic E-state index is -4.36. The van der Waals surface area contributed by atoms with E-state index in [0.29, 0.717) is 5.39 Å². The maximum absolute atomic E-state index is 12.6. The SMILES string of the molecule is CCN(CC)c1ccc2c(CC(F)(F)F)cc(=O)oc2c1. The first-order valence-electron chi connectivity index (χ1n) is 6.72. The molecule has 3 nitrogen and oxygen atoms in total. The maximum Gasteiger partial charge on any atom is 0.393 e. The summed E-state index contributed by atoms with van der Waals surface area (Å²) in [5, 5.41) is 0.322. The molecule has 0 aliphatic carbocycles. The quantitative estimate of drug-likeness (QED) is 0.806. The zero-order valence-electron chi connectivity index (χ0n) is 11.8. The lowest BCUT2D eigenvalue weighted by atomic mass is 10.1. The number of benzene rings is 1. The van der Waals surface area contributed by atoms with Gasteiger partial charge in [0.25, 0.3) is 0 Å². The molecular weight excluding hydrogens is 283 g/mol. The van der Waals surface area contributed by atoms with Crippen LogP contribution in [0, 0.1) is 0 Å². The Balaban J connectivity index is 2.56. The summed E-state index contributed by atoms with van der Waals surface area (Å²) in [6, 6.07) is 5.85. The van der Waals surface area contributed by atoms with Crippen molar-refractivity contribution in [2.24, 2.45) is 0 Å². The summed E-state index contributed by atoms with van der Waals surface area (Å²) in [6.07, 6.45) is -5.50. The summed E-state index contributed by atoms with van der Waals surface area (Å²) in [5.41, 5.74) is 0.184. The fourth-order valence-electron chi connectivity index (χ4n) is 2.37. The van der Waals surface area contributed by atoms with Gasteiger partial charge in [-0.25, -0.2) is 4.79 Å². The summed E-state index contributed by atoms with van der Waals surface area (Å²) >= 11 is 0. The lowest BCUT2D eigenvalue weighted by Gasteiger charge is -2.21. The average molecular weight is 299 g/mol. The van der Waals surface area contributed by atoms with Gasteiger partial charge in [-0.3, -0.25) is 0 Å². The molecule has 6 heteroatoms. The number of alkyl halides is 3. The minimum Gasteiger partial charge on any atom is -0.423 e. The van der Waals surface area contributed by atoms with Gasteiger partial charge in [0.1, 0.15) is 5.58 Å². The average Bonchev–Trinajstić information content (AvgIpc) is 2.37. The van der Waals surface area contributed by atoms with Crippen LogP contribution in [-0.2, 0) is 6.42 Å². The van der Waals surface area contributed by atoms with Crippen LogP contribution in [0.5, 0.6) is 0 Å². The van der Waals surface area contributed by atoms with E-state index in [-0.39, 0.29) is 11.1 Å². The third kappa shape index (κ3) is 3.56. The molecule has 1 aromatic heterocycles. The Morgan fingerprint density at radius 1 is 1.14 bits per heavy atom. The number of nitrogens with zero attached hydrogens (tertiary/aromatic N) is 1. The highest BCUT2D eigenvalue weighted by molar-refractivity contribution is 5.83. The van der Waals surface area contributed by atoms with Crippen LogP contribution < -0.4 is 10.5 Å². The molecule has 0 atom stereocenters. The normalized spacial score (nSPS) is 11.9. The molecule has 1 aromatic carbocycles. The predicted molar refractivity (Wildman–Crippen MR) is 75.8 cm³/mol. The summed E-state index contributed by atoms with van der Waals surface area (Å²) < 4.78 is 42.8. The smallest absolute Gasteiger partial charge is 0.393 e. The Labute approximate surface area is 120 Å². The predicted octanol–water partition coefficient (Wildman–Crippen LogP) is 3.74. The Hall–Kier alpha value is -1.98. The first-order valence-corrected chi connectivity index (χ1v) is 6.72. The largest absolute Gasteiger partial charge is 0.423 e. The molecule has 0 fully saturated rings. The molecule has 2 rings (SSSR count). The first-order chi connectivity index (χ1) is 9.84. The molecule has 0 amide bonds. The van der Waals surface area contributed by atoms with Gasteiger partial charge in [-0.05, 0) is 31.5 Å². The molecular formula is C15H16F3NO2. The van der Waals surface area contributed by atoms with Crippen LogP contribution in [0.15, 0.2) is 33.5 Å². The third-order valence-electron chi connectivity index (χ3n) is 3.33. The molecule has 0 aliphatic heterocycles. The number of fused-ring (bicyclic) bond motifs is 1. The maximum atomic E-state index is 12.6. The molecule has 2 aromatic rings. The van der Waals surface area contributed by atoms with Gasteiger partial charge < -0.3 is 9.32 Å². The van der Waals surface area contributed by atoms with Crippen molar-refractivity contribution in [3.63, 3.8) is 0 Å². The van der Waals surface area contributed by atoms with Crippen LogP contribution in [0.2, 0.25) is 0 Å². The van der Waals surface area contributed by atoms with Crippen LogP contribution in [0.4, 0.5) is 18.9 Å². The Morgan fingerprint density at radius 2 is 1.81 bits per heavy atom. The molecule has 0 unspecified atom stereocenters. The molecule has 0 bridgehead atoms.